The number of amides is 2. The molecular formula is C20H22BFN2O4Rb. The second-order valence-electron chi connectivity index (χ2n) is 4.59. The molecule has 0 saturated heterocycles. The summed E-state index contributed by atoms with van der Waals surface area (Å²) in [6.07, 6.45) is 0. The second-order valence-corrected chi connectivity index (χ2v) is 4.59. The van der Waals surface area contributed by atoms with E-state index in [2.05, 4.69) is 10.6 Å². The first-order valence-corrected chi connectivity index (χ1v) is 8.42. The van der Waals surface area contributed by atoms with Crippen LogP contribution < -0.4 is 63.5 Å². The molecule has 147 valence electrons. The van der Waals surface area contributed by atoms with Crippen LogP contribution in [0.4, 0.5) is 16.1 Å². The number of ketones is 2. The van der Waals surface area contributed by atoms with Crippen molar-refractivity contribution in [2.24, 2.45) is 0 Å². The van der Waals surface area contributed by atoms with Gasteiger partial charge in [0.2, 0.25) is 5.78 Å². The van der Waals surface area contributed by atoms with Gasteiger partial charge in [-0.3, -0.25) is 19.1 Å². The van der Waals surface area contributed by atoms with Crippen LogP contribution in [0.15, 0.2) is 48.5 Å². The number of carbonyl (C=O) groups is 4. The molecule has 0 unspecified atom stereocenters. The van der Waals surface area contributed by atoms with Crippen molar-refractivity contribution in [3.05, 3.63) is 65.0 Å². The zero-order chi connectivity index (χ0) is 19.7. The Hall–Kier alpha value is -1.48. The van der Waals surface area contributed by atoms with Crippen LogP contribution in [0.5, 0.6) is 0 Å². The predicted octanol–water partition coefficient (Wildman–Crippen LogP) is 1.06. The number of halogens is 1. The molecule has 0 spiro atoms. The Kier molecular flexibility index (Phi) is 18.1. The molecule has 0 aromatic heterocycles. The molecule has 2 amide bonds. The second kappa shape index (κ2) is 16.3. The molecular weight excluding hydrogens is 448 g/mol. The van der Waals surface area contributed by atoms with Crippen LogP contribution >= 0.6 is 0 Å². The van der Waals surface area contributed by atoms with Crippen molar-refractivity contribution < 1.29 is 82.1 Å². The zero-order valence-electron chi connectivity index (χ0n) is 17.2. The van der Waals surface area contributed by atoms with Crippen LogP contribution in [0.25, 0.3) is 5.32 Å². The number of rotatable bonds is 0. The summed E-state index contributed by atoms with van der Waals surface area (Å²) in [6, 6.07) is 13.6. The number of benzene rings is 2. The summed E-state index contributed by atoms with van der Waals surface area (Å²) in [7, 11) is 0. The molecule has 0 atom stereocenters. The molecule has 0 fully saturated rings. The summed E-state index contributed by atoms with van der Waals surface area (Å²) in [4.78, 5) is 43.4. The maximum Gasteiger partial charge on any atom is 1.00 e. The van der Waals surface area contributed by atoms with E-state index in [1.165, 1.54) is 0 Å². The van der Waals surface area contributed by atoms with E-state index in [0.29, 0.717) is 22.5 Å². The van der Waals surface area contributed by atoms with E-state index in [-0.39, 0.29) is 71.3 Å². The van der Waals surface area contributed by atoms with Crippen molar-refractivity contribution in [1.82, 2.24) is 0 Å². The molecule has 9 heteroatoms. The maximum atomic E-state index is 11.0. The Morgan fingerprint density at radius 3 is 1.72 bits per heavy atom. The SMILES string of the molecule is CC.CC.F.O=C1Nc2ccccc2C1=O.O=C1[N-]c2ccccc2C1=O.[B].[Rb+]. The number of hydrogen-bond donors (Lipinski definition) is 1. The number of Topliss-reactive ketones (excluding diaryl/α,β-unsaturated/α-hetero) is 2. The average Bonchev–Trinajstić information content (AvgIpc) is 3.15. The smallest absolute Gasteiger partial charge is 0.619 e. The Morgan fingerprint density at radius 1 is 0.724 bits per heavy atom. The third-order valence-corrected chi connectivity index (χ3v) is 3.19. The molecule has 1 N–H and O–H groups in total. The van der Waals surface area contributed by atoms with Crippen molar-refractivity contribution >= 4 is 43.2 Å². The van der Waals surface area contributed by atoms with Crippen molar-refractivity contribution in [2.75, 3.05) is 5.32 Å². The molecule has 29 heavy (non-hydrogen) atoms. The summed E-state index contributed by atoms with van der Waals surface area (Å²) in [5.74, 6) is -2.14. The van der Waals surface area contributed by atoms with Crippen molar-refractivity contribution in [2.45, 2.75) is 27.7 Å². The molecule has 0 saturated carbocycles. The van der Waals surface area contributed by atoms with Crippen LogP contribution in [-0.4, -0.2) is 31.8 Å². The minimum Gasteiger partial charge on any atom is -0.619 e. The minimum atomic E-state index is -0.661. The summed E-state index contributed by atoms with van der Waals surface area (Å²) in [5.41, 5.74) is 1.99. The van der Waals surface area contributed by atoms with Gasteiger partial charge in [0.05, 0.1) is 11.3 Å². The van der Waals surface area contributed by atoms with Crippen LogP contribution in [-0.2, 0) is 9.59 Å². The van der Waals surface area contributed by atoms with Crippen LogP contribution in [0.2, 0.25) is 0 Å². The summed E-state index contributed by atoms with van der Waals surface area (Å²) < 4.78 is 0. The first-order valence-electron chi connectivity index (χ1n) is 8.42. The number of anilines is 1. The van der Waals surface area contributed by atoms with Gasteiger partial charge < -0.3 is 15.4 Å². The van der Waals surface area contributed by atoms with Gasteiger partial charge in [-0.1, -0.05) is 64.1 Å². The molecule has 2 aromatic carbocycles. The zero-order valence-corrected chi connectivity index (χ0v) is 22.1. The summed E-state index contributed by atoms with van der Waals surface area (Å²) in [5, 5.41) is 6.00. The van der Waals surface area contributed by atoms with Gasteiger partial charge in [-0.2, -0.15) is 0 Å². The molecule has 6 nitrogen and oxygen atoms in total. The first-order chi connectivity index (χ1) is 12.6. The summed E-state index contributed by atoms with van der Waals surface area (Å²) >= 11 is 0. The Morgan fingerprint density at radius 2 is 1.21 bits per heavy atom. The fraction of sp³-hybridized carbons (Fsp3) is 0.200. The number of nitrogens with zero attached hydrogens (tertiary/aromatic N) is 1. The molecule has 3 radical (unpaired) electrons. The average molecular weight is 470 g/mol. The van der Waals surface area contributed by atoms with E-state index in [9.17, 15) is 19.2 Å². The van der Waals surface area contributed by atoms with Crippen LogP contribution in [0, 0.1) is 0 Å². The number of nitrogens with one attached hydrogen (secondary N) is 1. The van der Waals surface area contributed by atoms with E-state index in [4.69, 9.17) is 0 Å². The third kappa shape index (κ3) is 8.04. The summed E-state index contributed by atoms with van der Waals surface area (Å²) in [6.45, 7) is 8.00. The predicted molar refractivity (Wildman–Crippen MR) is 109 cm³/mol. The number of para-hydroxylation sites is 2. The normalized spacial score (nSPS) is 11.4. The largest absolute Gasteiger partial charge is 1.00 e. The van der Waals surface area contributed by atoms with Gasteiger partial charge in [-0.15, -0.1) is 5.69 Å². The van der Waals surface area contributed by atoms with Gasteiger partial charge in [0.1, 0.15) is 5.91 Å². The quantitative estimate of drug-likeness (QED) is 0.461. The monoisotopic (exact) mass is 469 g/mol. The van der Waals surface area contributed by atoms with Crippen molar-refractivity contribution in [3.63, 3.8) is 0 Å². The number of hydrogen-bond acceptors (Lipinski definition) is 4. The molecule has 2 aliphatic heterocycles. The van der Waals surface area contributed by atoms with Gasteiger partial charge in [0.15, 0.2) is 0 Å². The topological polar surface area (TPSA) is 94.4 Å². The minimum absolute atomic E-state index is 0. The van der Waals surface area contributed by atoms with E-state index >= 15 is 0 Å². The molecule has 2 aromatic rings. The fourth-order valence-electron chi connectivity index (χ4n) is 2.13. The maximum absolute atomic E-state index is 11.0. The Bertz CT molecular complexity index is 777. The first kappa shape index (κ1) is 32.2. The van der Waals surface area contributed by atoms with Gasteiger partial charge in [0, 0.05) is 14.0 Å². The van der Waals surface area contributed by atoms with Crippen molar-refractivity contribution in [3.8, 4) is 0 Å². The fourth-order valence-corrected chi connectivity index (χ4v) is 2.13. The molecule has 2 heterocycles. The van der Waals surface area contributed by atoms with E-state index in [1.54, 1.807) is 48.5 Å². The number of carbonyl (C=O) groups excluding carboxylic acids is 4. The van der Waals surface area contributed by atoms with Gasteiger partial charge in [-0.05, 0) is 12.1 Å². The van der Waals surface area contributed by atoms with Crippen LogP contribution in [0.1, 0.15) is 48.4 Å². The van der Waals surface area contributed by atoms with Gasteiger partial charge in [-0.25, -0.2) is 0 Å². The molecule has 0 aliphatic carbocycles. The van der Waals surface area contributed by atoms with E-state index < -0.39 is 23.4 Å². The Balaban J connectivity index is -0.000000366. The third-order valence-electron chi connectivity index (χ3n) is 3.19. The molecule has 4 rings (SSSR count). The van der Waals surface area contributed by atoms with E-state index in [0.717, 1.165) is 0 Å². The van der Waals surface area contributed by atoms with E-state index in [1.807, 2.05) is 27.7 Å². The van der Waals surface area contributed by atoms with Gasteiger partial charge in [0.25, 0.3) is 11.7 Å². The van der Waals surface area contributed by atoms with Crippen molar-refractivity contribution in [1.29, 1.82) is 0 Å². The number of fused-ring (bicyclic) bond motifs is 2. The van der Waals surface area contributed by atoms with Gasteiger partial charge >= 0.3 is 58.2 Å². The van der Waals surface area contributed by atoms with Crippen LogP contribution in [0.3, 0.4) is 0 Å². The molecule has 0 bridgehead atoms. The standard InChI is InChI=1S/2C8H5NO2.2C2H6.B.FH.Rb/c2*10-7-5-3-1-2-4-6(5)9-8(7)11;2*1-2;;;/h2*1-4H,(H,9,10,11);2*1-2H3;;1H;/q;;;;;;+1/p-1. The Labute approximate surface area is 221 Å². The molecule has 2 aliphatic rings.